The second kappa shape index (κ2) is 18.0. The highest BCUT2D eigenvalue weighted by atomic mass is 16.6. The third-order valence-corrected chi connectivity index (χ3v) is 2.94. The van der Waals surface area contributed by atoms with Crippen LogP contribution in [0.15, 0.2) is 0 Å². The van der Waals surface area contributed by atoms with Crippen molar-refractivity contribution in [2.24, 2.45) is 0 Å². The van der Waals surface area contributed by atoms with E-state index >= 15 is 0 Å². The first-order chi connectivity index (χ1) is 12.6. The van der Waals surface area contributed by atoms with Gasteiger partial charge in [0.05, 0.1) is 58.7 Å². The van der Waals surface area contributed by atoms with Gasteiger partial charge in [-0.2, -0.15) is 5.26 Å². The van der Waals surface area contributed by atoms with Gasteiger partial charge in [-0.25, -0.2) is 4.79 Å². The molecule has 0 aliphatic carbocycles. The molecule has 1 amide bonds. The van der Waals surface area contributed by atoms with E-state index in [0.29, 0.717) is 39.1 Å². The molecule has 0 saturated carbocycles. The molecule has 0 aliphatic heterocycles. The lowest BCUT2D eigenvalue weighted by Crippen LogP contribution is -2.31. The average Bonchev–Trinajstić information content (AvgIpc) is 2.59. The predicted octanol–water partition coefficient (Wildman–Crippen LogP) is 1.07. The number of amides is 1. The summed E-state index contributed by atoms with van der Waals surface area (Å²) in [5.74, 6) is 5.34. The van der Waals surface area contributed by atoms with Gasteiger partial charge in [-0.05, 0) is 6.92 Å². The lowest BCUT2D eigenvalue weighted by atomic mass is 10.3. The summed E-state index contributed by atoms with van der Waals surface area (Å²) in [4.78, 5) is 11.5. The Bertz CT molecular complexity index is 454. The third-order valence-electron chi connectivity index (χ3n) is 2.94. The van der Waals surface area contributed by atoms with Gasteiger partial charge in [-0.1, -0.05) is 19.8 Å². The van der Waals surface area contributed by atoms with Gasteiger partial charge in [-0.15, -0.1) is 5.92 Å². The van der Waals surface area contributed by atoms with Gasteiger partial charge in [0.15, 0.2) is 0 Å². The molecule has 0 bridgehead atoms. The zero-order valence-corrected chi connectivity index (χ0v) is 16.0. The van der Waals surface area contributed by atoms with Crippen LogP contribution in [0.3, 0.4) is 0 Å². The molecule has 0 aromatic heterocycles. The number of nitriles is 1. The highest BCUT2D eigenvalue weighted by molar-refractivity contribution is 5.67. The summed E-state index contributed by atoms with van der Waals surface area (Å²) in [6, 6.07) is 2.42. The second-order valence-corrected chi connectivity index (χ2v) is 5.58. The minimum atomic E-state index is -0.619. The van der Waals surface area contributed by atoms with Gasteiger partial charge in [0.1, 0.15) is 6.10 Å². The summed E-state index contributed by atoms with van der Waals surface area (Å²) >= 11 is 0. The van der Waals surface area contributed by atoms with Crippen LogP contribution in [0, 0.1) is 23.2 Å². The average molecular weight is 369 g/mol. The van der Waals surface area contributed by atoms with Gasteiger partial charge in [0.2, 0.25) is 0 Å². The molecule has 0 radical (unpaired) electrons. The number of ether oxygens (including phenoxy) is 4. The molecule has 1 unspecified atom stereocenters. The smallest absolute Gasteiger partial charge is 0.408 e. The van der Waals surface area contributed by atoms with Crippen molar-refractivity contribution < 1.29 is 23.7 Å². The van der Waals surface area contributed by atoms with Crippen LogP contribution in [0.1, 0.15) is 27.2 Å². The first-order valence-corrected chi connectivity index (χ1v) is 8.77. The van der Waals surface area contributed by atoms with Crippen LogP contribution in [0.4, 0.5) is 4.79 Å². The molecule has 26 heavy (non-hydrogen) atoms. The van der Waals surface area contributed by atoms with Crippen molar-refractivity contribution in [3.8, 4) is 17.9 Å². The maximum absolute atomic E-state index is 11.5. The van der Waals surface area contributed by atoms with Crippen molar-refractivity contribution in [2.45, 2.75) is 39.3 Å². The van der Waals surface area contributed by atoms with E-state index in [1.165, 1.54) is 0 Å². The number of carbonyl (C=O) groups excluding carboxylic acids is 1. The Hall–Kier alpha value is -1.84. The van der Waals surface area contributed by atoms with E-state index in [0.717, 1.165) is 6.54 Å². The SMILES string of the molecule is CC#CCNC(=O)OC(CC#N)COCCOCCOCCNC(C)C. The maximum atomic E-state index is 11.5. The highest BCUT2D eigenvalue weighted by Gasteiger charge is 2.14. The zero-order valence-electron chi connectivity index (χ0n) is 16.0. The van der Waals surface area contributed by atoms with E-state index < -0.39 is 12.2 Å². The molecule has 0 spiro atoms. The van der Waals surface area contributed by atoms with Gasteiger partial charge >= 0.3 is 6.09 Å². The van der Waals surface area contributed by atoms with Crippen LogP contribution in [-0.4, -0.2) is 71.0 Å². The van der Waals surface area contributed by atoms with Crippen molar-refractivity contribution in [3.05, 3.63) is 0 Å². The Morgan fingerprint density at radius 1 is 1.08 bits per heavy atom. The van der Waals surface area contributed by atoms with E-state index in [1.54, 1.807) is 6.92 Å². The number of carbonyl (C=O) groups is 1. The van der Waals surface area contributed by atoms with E-state index in [-0.39, 0.29) is 19.6 Å². The fourth-order valence-electron chi connectivity index (χ4n) is 1.71. The summed E-state index contributed by atoms with van der Waals surface area (Å²) in [5.41, 5.74) is 0. The molecular weight excluding hydrogens is 338 g/mol. The van der Waals surface area contributed by atoms with Crippen LogP contribution < -0.4 is 10.6 Å². The van der Waals surface area contributed by atoms with E-state index in [1.807, 2.05) is 6.07 Å². The van der Waals surface area contributed by atoms with Gasteiger partial charge < -0.3 is 29.6 Å². The Morgan fingerprint density at radius 2 is 1.73 bits per heavy atom. The van der Waals surface area contributed by atoms with E-state index in [2.05, 4.69) is 36.3 Å². The molecular formula is C18H31N3O5. The van der Waals surface area contributed by atoms with Crippen LogP contribution in [0.2, 0.25) is 0 Å². The Labute approximate surface area is 156 Å². The molecule has 1 atom stereocenters. The summed E-state index contributed by atoms with van der Waals surface area (Å²) in [7, 11) is 0. The molecule has 0 rings (SSSR count). The monoisotopic (exact) mass is 369 g/mol. The molecule has 0 heterocycles. The zero-order chi connectivity index (χ0) is 19.5. The normalized spacial score (nSPS) is 11.3. The Balaban J connectivity index is 3.60. The van der Waals surface area contributed by atoms with Crippen molar-refractivity contribution >= 4 is 6.09 Å². The minimum Gasteiger partial charge on any atom is -0.443 e. The molecule has 0 aliphatic rings. The predicted molar refractivity (Wildman–Crippen MR) is 97.5 cm³/mol. The molecule has 0 fully saturated rings. The van der Waals surface area contributed by atoms with Crippen LogP contribution in [0.25, 0.3) is 0 Å². The van der Waals surface area contributed by atoms with E-state index in [4.69, 9.17) is 24.2 Å². The van der Waals surface area contributed by atoms with E-state index in [9.17, 15) is 4.79 Å². The number of nitrogens with zero attached hydrogens (tertiary/aromatic N) is 1. The number of nitrogens with one attached hydrogen (secondary N) is 2. The Morgan fingerprint density at radius 3 is 2.35 bits per heavy atom. The lowest BCUT2D eigenvalue weighted by molar-refractivity contribution is -0.0132. The standard InChI is InChI=1S/C18H31N3O5/c1-4-5-8-21-18(22)26-17(6-7-19)15-25-14-13-24-12-11-23-10-9-20-16(2)3/h16-17,20H,6,8-15H2,1-3H3,(H,21,22). The van der Waals surface area contributed by atoms with Crippen molar-refractivity contribution in [1.29, 1.82) is 5.26 Å². The van der Waals surface area contributed by atoms with Crippen molar-refractivity contribution in [2.75, 3.05) is 52.7 Å². The van der Waals surface area contributed by atoms with Gasteiger partial charge in [0.25, 0.3) is 0 Å². The largest absolute Gasteiger partial charge is 0.443 e. The summed E-state index contributed by atoms with van der Waals surface area (Å²) < 4.78 is 21.3. The highest BCUT2D eigenvalue weighted by Crippen LogP contribution is 1.99. The first-order valence-electron chi connectivity index (χ1n) is 8.77. The molecule has 148 valence electrons. The third kappa shape index (κ3) is 17.0. The van der Waals surface area contributed by atoms with Gasteiger partial charge in [0, 0.05) is 12.6 Å². The summed E-state index contributed by atoms with van der Waals surface area (Å²) in [5, 5.41) is 14.5. The minimum absolute atomic E-state index is 0.0615. The van der Waals surface area contributed by atoms with Crippen molar-refractivity contribution in [1.82, 2.24) is 10.6 Å². The fourth-order valence-corrected chi connectivity index (χ4v) is 1.71. The Kier molecular flexibility index (Phi) is 16.7. The summed E-state index contributed by atoms with van der Waals surface area (Å²) in [6.07, 6.45) is -1.17. The van der Waals surface area contributed by atoms with Gasteiger partial charge in [-0.3, -0.25) is 0 Å². The number of hydrogen-bond donors (Lipinski definition) is 2. The fraction of sp³-hybridized carbons (Fsp3) is 0.778. The quantitative estimate of drug-likeness (QED) is 0.329. The molecule has 0 aromatic rings. The van der Waals surface area contributed by atoms with Crippen LogP contribution in [-0.2, 0) is 18.9 Å². The second-order valence-electron chi connectivity index (χ2n) is 5.58. The first kappa shape index (κ1) is 24.2. The number of alkyl carbamates (subject to hydrolysis) is 1. The van der Waals surface area contributed by atoms with Crippen LogP contribution >= 0.6 is 0 Å². The summed E-state index contributed by atoms with van der Waals surface area (Å²) in [6.45, 7) is 9.44. The molecule has 0 saturated heterocycles. The molecule has 8 heteroatoms. The number of hydrogen-bond acceptors (Lipinski definition) is 7. The maximum Gasteiger partial charge on any atom is 0.408 e. The van der Waals surface area contributed by atoms with Crippen molar-refractivity contribution in [3.63, 3.8) is 0 Å². The topological polar surface area (TPSA) is 102 Å². The molecule has 8 nitrogen and oxygen atoms in total. The number of rotatable bonds is 15. The molecule has 2 N–H and O–H groups in total. The van der Waals surface area contributed by atoms with Crippen LogP contribution in [0.5, 0.6) is 0 Å². The molecule has 0 aromatic carbocycles. The lowest BCUT2D eigenvalue weighted by Gasteiger charge is -2.15.